The van der Waals surface area contributed by atoms with Crippen molar-refractivity contribution in [3.63, 3.8) is 0 Å². The fraction of sp³-hybridized carbons (Fsp3) is 0.308. The third-order valence-electron chi connectivity index (χ3n) is 5.12. The lowest BCUT2D eigenvalue weighted by Gasteiger charge is -2.09. The summed E-state index contributed by atoms with van der Waals surface area (Å²) in [6.07, 6.45) is 6.75. The van der Waals surface area contributed by atoms with Crippen molar-refractivity contribution in [1.82, 2.24) is 0 Å². The molecular formula is C26H29F. The smallest absolute Gasteiger partial charge is 0.131 e. The Morgan fingerprint density at radius 2 is 1.19 bits per heavy atom. The van der Waals surface area contributed by atoms with Crippen LogP contribution in [0.2, 0.25) is 0 Å². The topological polar surface area (TPSA) is 0 Å². The molecule has 27 heavy (non-hydrogen) atoms. The van der Waals surface area contributed by atoms with Gasteiger partial charge < -0.3 is 0 Å². The SMILES string of the molecule is CCCCCc1ccc(-c2ccc(-c3ccc(CCC)cc3)cc2)c(F)c1. The number of hydrogen-bond donors (Lipinski definition) is 0. The average Bonchev–Trinajstić information content (AvgIpc) is 2.69. The van der Waals surface area contributed by atoms with E-state index in [0.717, 1.165) is 36.8 Å². The van der Waals surface area contributed by atoms with E-state index in [4.69, 9.17) is 0 Å². The van der Waals surface area contributed by atoms with Crippen LogP contribution in [-0.2, 0) is 12.8 Å². The molecule has 0 nitrogen and oxygen atoms in total. The Balaban J connectivity index is 1.74. The van der Waals surface area contributed by atoms with Crippen LogP contribution < -0.4 is 0 Å². The molecule has 0 atom stereocenters. The van der Waals surface area contributed by atoms with E-state index in [9.17, 15) is 4.39 Å². The van der Waals surface area contributed by atoms with Gasteiger partial charge in [0, 0.05) is 5.56 Å². The van der Waals surface area contributed by atoms with E-state index in [2.05, 4.69) is 56.3 Å². The second-order valence-corrected chi connectivity index (χ2v) is 7.30. The number of hydrogen-bond acceptors (Lipinski definition) is 0. The molecule has 0 aliphatic heterocycles. The van der Waals surface area contributed by atoms with Gasteiger partial charge in [-0.25, -0.2) is 4.39 Å². The van der Waals surface area contributed by atoms with Gasteiger partial charge in [-0.2, -0.15) is 0 Å². The van der Waals surface area contributed by atoms with Crippen molar-refractivity contribution in [2.45, 2.75) is 52.4 Å². The summed E-state index contributed by atoms with van der Waals surface area (Å²) in [4.78, 5) is 0. The van der Waals surface area contributed by atoms with Crippen LogP contribution in [0.1, 0.15) is 50.7 Å². The average molecular weight is 361 g/mol. The van der Waals surface area contributed by atoms with Crippen LogP contribution in [0.5, 0.6) is 0 Å². The number of unbranched alkanes of at least 4 members (excludes halogenated alkanes) is 2. The summed E-state index contributed by atoms with van der Waals surface area (Å²) in [5.41, 5.74) is 6.44. The molecule has 0 aliphatic carbocycles. The lowest BCUT2D eigenvalue weighted by atomic mass is 9.97. The minimum atomic E-state index is -0.124. The zero-order valence-corrected chi connectivity index (χ0v) is 16.5. The first-order chi connectivity index (χ1) is 13.2. The van der Waals surface area contributed by atoms with Gasteiger partial charge in [0.05, 0.1) is 0 Å². The molecular weight excluding hydrogens is 331 g/mol. The molecule has 0 unspecified atom stereocenters. The van der Waals surface area contributed by atoms with E-state index < -0.39 is 0 Å². The molecule has 3 rings (SSSR count). The van der Waals surface area contributed by atoms with Crippen molar-refractivity contribution in [3.05, 3.63) is 83.7 Å². The van der Waals surface area contributed by atoms with Gasteiger partial charge in [0.25, 0.3) is 0 Å². The molecule has 0 saturated heterocycles. The summed E-state index contributed by atoms with van der Waals surface area (Å²) in [6, 6.07) is 22.6. The predicted octanol–water partition coefficient (Wildman–Crippen LogP) is 7.84. The third-order valence-corrected chi connectivity index (χ3v) is 5.12. The first kappa shape index (κ1) is 19.4. The molecule has 3 aromatic rings. The molecule has 0 aliphatic rings. The van der Waals surface area contributed by atoms with Gasteiger partial charge in [0.2, 0.25) is 0 Å². The summed E-state index contributed by atoms with van der Waals surface area (Å²) in [6.45, 7) is 4.39. The van der Waals surface area contributed by atoms with E-state index >= 15 is 0 Å². The van der Waals surface area contributed by atoms with Crippen LogP contribution in [0.25, 0.3) is 22.3 Å². The minimum Gasteiger partial charge on any atom is -0.206 e. The molecule has 0 saturated carbocycles. The van der Waals surface area contributed by atoms with Gasteiger partial charge >= 0.3 is 0 Å². The summed E-state index contributed by atoms with van der Waals surface area (Å²) >= 11 is 0. The van der Waals surface area contributed by atoms with Gasteiger partial charge in [-0.15, -0.1) is 0 Å². The number of rotatable bonds is 8. The summed E-state index contributed by atoms with van der Waals surface area (Å²) < 4.78 is 14.6. The second-order valence-electron chi connectivity index (χ2n) is 7.30. The van der Waals surface area contributed by atoms with Gasteiger partial charge in [0.15, 0.2) is 0 Å². The van der Waals surface area contributed by atoms with Crippen LogP contribution in [0.3, 0.4) is 0 Å². The molecule has 0 heterocycles. The largest absolute Gasteiger partial charge is 0.206 e. The quantitative estimate of drug-likeness (QED) is 0.359. The summed E-state index contributed by atoms with van der Waals surface area (Å²) in [5, 5.41) is 0. The standard InChI is InChI=1S/C26H29F/c1-3-5-6-8-21-11-18-25(26(27)19-21)24-16-14-23(15-17-24)22-12-9-20(7-4-2)10-13-22/h9-19H,3-8H2,1-2H3. The molecule has 0 amide bonds. The number of benzene rings is 3. The molecule has 0 aromatic heterocycles. The van der Waals surface area contributed by atoms with Crippen molar-refractivity contribution in [2.75, 3.05) is 0 Å². The van der Waals surface area contributed by atoms with Crippen LogP contribution in [0.4, 0.5) is 4.39 Å². The third kappa shape index (κ3) is 5.07. The Morgan fingerprint density at radius 1 is 0.593 bits per heavy atom. The zero-order valence-electron chi connectivity index (χ0n) is 16.5. The summed E-state index contributed by atoms with van der Waals surface area (Å²) in [5.74, 6) is -0.124. The van der Waals surface area contributed by atoms with E-state index in [-0.39, 0.29) is 5.82 Å². The van der Waals surface area contributed by atoms with Gasteiger partial charge in [-0.3, -0.25) is 0 Å². The van der Waals surface area contributed by atoms with Crippen molar-refractivity contribution in [1.29, 1.82) is 0 Å². The Labute approximate surface area is 163 Å². The molecule has 0 spiro atoms. The van der Waals surface area contributed by atoms with Crippen molar-refractivity contribution >= 4 is 0 Å². The molecule has 1 heteroatoms. The molecule has 0 N–H and O–H groups in total. The molecule has 0 fully saturated rings. The highest BCUT2D eigenvalue weighted by atomic mass is 19.1. The first-order valence-corrected chi connectivity index (χ1v) is 10.2. The maximum Gasteiger partial charge on any atom is 0.131 e. The van der Waals surface area contributed by atoms with E-state index in [0.29, 0.717) is 5.56 Å². The highest BCUT2D eigenvalue weighted by molar-refractivity contribution is 5.71. The molecule has 3 aromatic carbocycles. The van der Waals surface area contributed by atoms with Crippen LogP contribution in [-0.4, -0.2) is 0 Å². The van der Waals surface area contributed by atoms with Crippen LogP contribution >= 0.6 is 0 Å². The Morgan fingerprint density at radius 3 is 1.78 bits per heavy atom. The first-order valence-electron chi connectivity index (χ1n) is 10.2. The maximum atomic E-state index is 14.6. The fourth-order valence-electron chi connectivity index (χ4n) is 3.52. The van der Waals surface area contributed by atoms with E-state index in [1.165, 1.54) is 29.5 Å². The van der Waals surface area contributed by atoms with Gasteiger partial charge in [-0.05, 0) is 53.1 Å². The highest BCUT2D eigenvalue weighted by Gasteiger charge is 2.07. The number of aryl methyl sites for hydroxylation is 2. The normalized spacial score (nSPS) is 10.9. The minimum absolute atomic E-state index is 0.124. The van der Waals surface area contributed by atoms with Gasteiger partial charge in [0.1, 0.15) is 5.82 Å². The predicted molar refractivity (Wildman–Crippen MR) is 114 cm³/mol. The van der Waals surface area contributed by atoms with Crippen molar-refractivity contribution in [3.8, 4) is 22.3 Å². The highest BCUT2D eigenvalue weighted by Crippen LogP contribution is 2.28. The Hall–Kier alpha value is -2.41. The van der Waals surface area contributed by atoms with Crippen LogP contribution in [0, 0.1) is 5.82 Å². The summed E-state index contributed by atoms with van der Waals surface area (Å²) in [7, 11) is 0. The Bertz CT molecular complexity index is 844. The van der Waals surface area contributed by atoms with Gasteiger partial charge in [-0.1, -0.05) is 93.8 Å². The lowest BCUT2D eigenvalue weighted by Crippen LogP contribution is -1.90. The Kier molecular flexibility index (Phi) is 6.81. The molecule has 0 radical (unpaired) electrons. The van der Waals surface area contributed by atoms with Crippen LogP contribution in [0.15, 0.2) is 66.7 Å². The zero-order chi connectivity index (χ0) is 19.1. The van der Waals surface area contributed by atoms with Crippen molar-refractivity contribution in [2.24, 2.45) is 0 Å². The molecule has 140 valence electrons. The molecule has 0 bridgehead atoms. The number of halogens is 1. The van der Waals surface area contributed by atoms with E-state index in [1.54, 1.807) is 6.07 Å². The maximum absolute atomic E-state index is 14.6. The monoisotopic (exact) mass is 360 g/mol. The lowest BCUT2D eigenvalue weighted by molar-refractivity contribution is 0.626. The second kappa shape index (κ2) is 9.50. The van der Waals surface area contributed by atoms with Crippen molar-refractivity contribution < 1.29 is 4.39 Å². The van der Waals surface area contributed by atoms with E-state index in [1.807, 2.05) is 18.2 Å². The fourth-order valence-corrected chi connectivity index (χ4v) is 3.52.